The van der Waals surface area contributed by atoms with Gasteiger partial charge >= 0.3 is 0 Å². The van der Waals surface area contributed by atoms with Crippen molar-refractivity contribution in [3.05, 3.63) is 29.0 Å². The van der Waals surface area contributed by atoms with E-state index in [1.54, 1.807) is 7.11 Å². The van der Waals surface area contributed by atoms with Crippen LogP contribution in [0.3, 0.4) is 0 Å². The van der Waals surface area contributed by atoms with Crippen LogP contribution < -0.4 is 5.32 Å². The second-order valence-electron chi connectivity index (χ2n) is 3.12. The zero-order valence-corrected chi connectivity index (χ0v) is 8.94. The van der Waals surface area contributed by atoms with Crippen molar-refractivity contribution >= 4 is 17.3 Å². The first-order valence-electron chi connectivity index (χ1n) is 4.34. The molecule has 0 spiro atoms. The summed E-state index contributed by atoms with van der Waals surface area (Å²) in [6.07, 6.45) is 0. The van der Waals surface area contributed by atoms with Gasteiger partial charge < -0.3 is 10.1 Å². The van der Waals surface area contributed by atoms with Gasteiger partial charge in [-0.3, -0.25) is 0 Å². The quantitative estimate of drug-likeness (QED) is 0.838. The van der Waals surface area contributed by atoms with E-state index in [1.165, 1.54) is 18.2 Å². The van der Waals surface area contributed by atoms with Crippen LogP contribution in [0.5, 0.6) is 0 Å². The van der Waals surface area contributed by atoms with E-state index in [0.29, 0.717) is 17.3 Å². The van der Waals surface area contributed by atoms with Gasteiger partial charge in [-0.25, -0.2) is 4.39 Å². The molecule has 0 radical (unpaired) electrons. The third-order valence-corrected chi connectivity index (χ3v) is 2.08. The number of ether oxygens (including phenoxy) is 1. The van der Waals surface area contributed by atoms with Crippen molar-refractivity contribution in [3.8, 4) is 0 Å². The molecular weight excluding hydrogens is 205 g/mol. The summed E-state index contributed by atoms with van der Waals surface area (Å²) in [6, 6.07) is 4.32. The number of anilines is 1. The van der Waals surface area contributed by atoms with Gasteiger partial charge in [-0.1, -0.05) is 11.6 Å². The molecule has 0 saturated heterocycles. The Morgan fingerprint density at radius 1 is 1.57 bits per heavy atom. The lowest BCUT2D eigenvalue weighted by Gasteiger charge is -2.15. The third kappa shape index (κ3) is 3.16. The summed E-state index contributed by atoms with van der Waals surface area (Å²) >= 11 is 5.87. The smallest absolute Gasteiger partial charge is 0.125 e. The van der Waals surface area contributed by atoms with Crippen molar-refractivity contribution in [2.75, 3.05) is 19.0 Å². The summed E-state index contributed by atoms with van der Waals surface area (Å²) in [5, 5.41) is 3.56. The Morgan fingerprint density at radius 2 is 2.29 bits per heavy atom. The van der Waals surface area contributed by atoms with Crippen molar-refractivity contribution < 1.29 is 9.13 Å². The molecule has 0 aliphatic rings. The Balaban J connectivity index is 2.70. The van der Waals surface area contributed by atoms with Gasteiger partial charge in [-0.05, 0) is 25.1 Å². The summed E-state index contributed by atoms with van der Waals surface area (Å²) in [5.74, 6) is -0.304. The molecule has 1 aromatic carbocycles. The van der Waals surface area contributed by atoms with Crippen LogP contribution in [0.25, 0.3) is 0 Å². The van der Waals surface area contributed by atoms with Crippen LogP contribution in [-0.4, -0.2) is 19.8 Å². The standard InChI is InChI=1S/C10H13ClFNO/c1-7(6-14-2)13-10-5-8(12)3-4-9(10)11/h3-5,7,13H,6H2,1-2H3. The molecule has 78 valence electrons. The highest BCUT2D eigenvalue weighted by molar-refractivity contribution is 6.33. The van der Waals surface area contributed by atoms with Gasteiger partial charge in [0.25, 0.3) is 0 Å². The molecule has 0 saturated carbocycles. The van der Waals surface area contributed by atoms with Gasteiger partial charge in [-0.2, -0.15) is 0 Å². The monoisotopic (exact) mass is 217 g/mol. The molecule has 4 heteroatoms. The Kier molecular flexibility index (Phi) is 4.17. The highest BCUT2D eigenvalue weighted by Gasteiger charge is 2.05. The third-order valence-electron chi connectivity index (χ3n) is 1.75. The van der Waals surface area contributed by atoms with Crippen molar-refractivity contribution in [2.45, 2.75) is 13.0 Å². The predicted octanol–water partition coefficient (Wildman–Crippen LogP) is 2.93. The fourth-order valence-corrected chi connectivity index (χ4v) is 1.34. The van der Waals surface area contributed by atoms with E-state index in [9.17, 15) is 4.39 Å². The van der Waals surface area contributed by atoms with Crippen LogP contribution in [0.15, 0.2) is 18.2 Å². The summed E-state index contributed by atoms with van der Waals surface area (Å²) in [6.45, 7) is 2.48. The molecule has 0 amide bonds. The minimum atomic E-state index is -0.304. The van der Waals surface area contributed by atoms with E-state index >= 15 is 0 Å². The van der Waals surface area contributed by atoms with Crippen molar-refractivity contribution in [3.63, 3.8) is 0 Å². The molecule has 0 aliphatic carbocycles. The topological polar surface area (TPSA) is 21.3 Å². The van der Waals surface area contributed by atoms with E-state index in [-0.39, 0.29) is 11.9 Å². The molecule has 1 aromatic rings. The molecule has 1 unspecified atom stereocenters. The molecular formula is C10H13ClFNO. The molecule has 0 aliphatic heterocycles. The number of rotatable bonds is 4. The Labute approximate surface area is 88.0 Å². The minimum Gasteiger partial charge on any atom is -0.383 e. The summed E-state index contributed by atoms with van der Waals surface area (Å²) < 4.78 is 17.8. The van der Waals surface area contributed by atoms with Crippen molar-refractivity contribution in [1.29, 1.82) is 0 Å². The van der Waals surface area contributed by atoms with Gasteiger partial charge in [0.15, 0.2) is 0 Å². The summed E-state index contributed by atoms with van der Waals surface area (Å²) in [5.41, 5.74) is 0.594. The van der Waals surface area contributed by atoms with Gasteiger partial charge in [-0.15, -0.1) is 0 Å². The van der Waals surface area contributed by atoms with Crippen molar-refractivity contribution in [2.24, 2.45) is 0 Å². The maximum atomic E-state index is 12.9. The van der Waals surface area contributed by atoms with Gasteiger partial charge in [0.1, 0.15) is 5.82 Å². The molecule has 1 atom stereocenters. The fraction of sp³-hybridized carbons (Fsp3) is 0.400. The van der Waals surface area contributed by atoms with E-state index in [4.69, 9.17) is 16.3 Å². The fourth-order valence-electron chi connectivity index (χ4n) is 1.17. The van der Waals surface area contributed by atoms with Crippen LogP contribution in [0.2, 0.25) is 5.02 Å². The van der Waals surface area contributed by atoms with Crippen LogP contribution in [0, 0.1) is 5.82 Å². The number of hydrogen-bond donors (Lipinski definition) is 1. The molecule has 14 heavy (non-hydrogen) atoms. The SMILES string of the molecule is COCC(C)Nc1cc(F)ccc1Cl. The largest absolute Gasteiger partial charge is 0.383 e. The molecule has 2 nitrogen and oxygen atoms in total. The molecule has 0 aromatic heterocycles. The van der Waals surface area contributed by atoms with E-state index in [0.717, 1.165) is 0 Å². The molecule has 1 rings (SSSR count). The Morgan fingerprint density at radius 3 is 2.93 bits per heavy atom. The Bertz CT molecular complexity index is 306. The maximum Gasteiger partial charge on any atom is 0.125 e. The lowest BCUT2D eigenvalue weighted by atomic mass is 10.2. The zero-order chi connectivity index (χ0) is 10.6. The second kappa shape index (κ2) is 5.17. The average Bonchev–Trinajstić information content (AvgIpc) is 2.12. The van der Waals surface area contributed by atoms with Crippen LogP contribution in [0.1, 0.15) is 6.92 Å². The molecule has 0 heterocycles. The number of benzene rings is 1. The van der Waals surface area contributed by atoms with E-state index in [2.05, 4.69) is 5.32 Å². The molecule has 0 bridgehead atoms. The zero-order valence-electron chi connectivity index (χ0n) is 8.18. The minimum absolute atomic E-state index is 0.0966. The Hall–Kier alpha value is -0.800. The second-order valence-corrected chi connectivity index (χ2v) is 3.53. The average molecular weight is 218 g/mol. The lowest BCUT2D eigenvalue weighted by Crippen LogP contribution is -2.20. The molecule has 0 fully saturated rings. The first-order valence-corrected chi connectivity index (χ1v) is 4.72. The van der Waals surface area contributed by atoms with Crippen LogP contribution in [0.4, 0.5) is 10.1 Å². The number of nitrogens with one attached hydrogen (secondary N) is 1. The van der Waals surface area contributed by atoms with E-state index in [1.807, 2.05) is 6.92 Å². The van der Waals surface area contributed by atoms with E-state index < -0.39 is 0 Å². The van der Waals surface area contributed by atoms with Crippen LogP contribution >= 0.6 is 11.6 Å². The summed E-state index contributed by atoms with van der Waals surface area (Å²) in [7, 11) is 1.62. The highest BCUT2D eigenvalue weighted by Crippen LogP contribution is 2.22. The normalized spacial score (nSPS) is 12.6. The van der Waals surface area contributed by atoms with Gasteiger partial charge in [0.2, 0.25) is 0 Å². The maximum absolute atomic E-state index is 12.9. The van der Waals surface area contributed by atoms with Crippen LogP contribution in [-0.2, 0) is 4.74 Å². The summed E-state index contributed by atoms with van der Waals surface area (Å²) in [4.78, 5) is 0. The lowest BCUT2D eigenvalue weighted by molar-refractivity contribution is 0.190. The number of halogens is 2. The first kappa shape index (κ1) is 11.3. The molecule has 1 N–H and O–H groups in total. The van der Waals surface area contributed by atoms with Gasteiger partial charge in [0, 0.05) is 13.2 Å². The van der Waals surface area contributed by atoms with Gasteiger partial charge in [0.05, 0.1) is 17.3 Å². The van der Waals surface area contributed by atoms with Crippen molar-refractivity contribution in [1.82, 2.24) is 0 Å². The number of hydrogen-bond acceptors (Lipinski definition) is 2. The number of methoxy groups -OCH3 is 1. The highest BCUT2D eigenvalue weighted by atomic mass is 35.5. The first-order chi connectivity index (χ1) is 6.63. The predicted molar refractivity (Wildman–Crippen MR) is 56.4 cm³/mol.